The molecule has 37 heavy (non-hydrogen) atoms. The van der Waals surface area contributed by atoms with Gasteiger partial charge < -0.3 is 20.8 Å². The van der Waals surface area contributed by atoms with Crippen LogP contribution in [0.2, 0.25) is 5.28 Å². The van der Waals surface area contributed by atoms with Crippen molar-refractivity contribution in [3.8, 4) is 0 Å². The zero-order valence-corrected chi connectivity index (χ0v) is 23.2. The standard InChI is InChI=1S/C25H24ClIN6O3S/c26-25-31-21(29-12-15-7-4-8-16(27)11-15)17-22(32-25)33(13-30-17)24-19(35)18(34)20(37-24)23(36)28-10-9-14-5-2-1-3-6-14/h1-8,11,13,18-20,24,34-35H,9-10,12H2,(H,28,36)(H,29,31,32)/t18-,19+,20-,24+/m0/s1. The molecule has 5 rings (SSSR count). The number of nitrogens with one attached hydrogen (secondary N) is 2. The summed E-state index contributed by atoms with van der Waals surface area (Å²) >= 11 is 9.65. The second kappa shape index (κ2) is 11.5. The highest BCUT2D eigenvalue weighted by atomic mass is 127. The number of hydrogen-bond donors (Lipinski definition) is 4. The van der Waals surface area contributed by atoms with Crippen LogP contribution < -0.4 is 10.6 Å². The Morgan fingerprint density at radius 3 is 2.65 bits per heavy atom. The van der Waals surface area contributed by atoms with Crippen LogP contribution in [0.3, 0.4) is 0 Å². The summed E-state index contributed by atoms with van der Waals surface area (Å²) in [4.78, 5) is 25.9. The summed E-state index contributed by atoms with van der Waals surface area (Å²) in [5, 5.41) is 26.2. The van der Waals surface area contributed by atoms with Crippen molar-refractivity contribution in [2.75, 3.05) is 11.9 Å². The van der Waals surface area contributed by atoms with E-state index in [0.29, 0.717) is 36.5 Å². The summed E-state index contributed by atoms with van der Waals surface area (Å²) in [6.07, 6.45) is -0.260. The number of rotatable bonds is 8. The predicted molar refractivity (Wildman–Crippen MR) is 152 cm³/mol. The second-order valence-electron chi connectivity index (χ2n) is 8.60. The average Bonchev–Trinajstić information content (AvgIpc) is 3.43. The molecule has 0 saturated carbocycles. The number of aliphatic hydroxyl groups excluding tert-OH is 2. The van der Waals surface area contributed by atoms with Crippen LogP contribution >= 0.6 is 46.0 Å². The van der Waals surface area contributed by atoms with Gasteiger partial charge in [-0.3, -0.25) is 9.36 Å². The van der Waals surface area contributed by atoms with E-state index in [1.165, 1.54) is 6.33 Å². The first-order valence-corrected chi connectivity index (χ1v) is 14.0. The largest absolute Gasteiger partial charge is 0.389 e. The molecule has 1 fully saturated rings. The third-order valence-electron chi connectivity index (χ3n) is 6.07. The van der Waals surface area contributed by atoms with Crippen molar-refractivity contribution in [2.24, 2.45) is 0 Å². The number of aromatic nitrogens is 4. The molecule has 0 bridgehead atoms. The Bertz CT molecular complexity index is 1410. The van der Waals surface area contributed by atoms with E-state index >= 15 is 0 Å². The van der Waals surface area contributed by atoms with Crippen LogP contribution in [0.1, 0.15) is 16.5 Å². The molecule has 2 aromatic heterocycles. The van der Waals surface area contributed by atoms with E-state index in [-0.39, 0.29) is 11.2 Å². The lowest BCUT2D eigenvalue weighted by molar-refractivity contribution is -0.123. The third-order valence-corrected chi connectivity index (χ3v) is 8.48. The molecule has 1 aliphatic heterocycles. The fourth-order valence-electron chi connectivity index (χ4n) is 4.21. The van der Waals surface area contributed by atoms with Crippen LogP contribution in [0.4, 0.5) is 5.82 Å². The Morgan fingerprint density at radius 2 is 1.86 bits per heavy atom. The highest BCUT2D eigenvalue weighted by molar-refractivity contribution is 14.1. The summed E-state index contributed by atoms with van der Waals surface area (Å²) in [6.45, 7) is 0.941. The number of aliphatic hydroxyl groups is 2. The van der Waals surface area contributed by atoms with Gasteiger partial charge in [0.15, 0.2) is 17.0 Å². The zero-order valence-electron chi connectivity index (χ0n) is 19.5. The minimum atomic E-state index is -1.25. The maximum atomic E-state index is 12.8. The van der Waals surface area contributed by atoms with Crippen molar-refractivity contribution >= 4 is 68.8 Å². The molecule has 1 saturated heterocycles. The van der Waals surface area contributed by atoms with Crippen LogP contribution in [-0.2, 0) is 17.8 Å². The predicted octanol–water partition coefficient (Wildman–Crippen LogP) is 3.39. The van der Waals surface area contributed by atoms with E-state index < -0.39 is 22.8 Å². The first kappa shape index (κ1) is 26.2. The number of nitrogens with zero attached hydrogens (tertiary/aromatic N) is 4. The van der Waals surface area contributed by atoms with Crippen LogP contribution in [0.25, 0.3) is 11.2 Å². The van der Waals surface area contributed by atoms with Gasteiger partial charge in [-0.2, -0.15) is 9.97 Å². The van der Waals surface area contributed by atoms with E-state index in [4.69, 9.17) is 11.6 Å². The number of carbonyl (C=O) groups excluding carboxylic acids is 1. The topological polar surface area (TPSA) is 125 Å². The number of imidazole rings is 1. The fraction of sp³-hybridized carbons (Fsp3) is 0.280. The van der Waals surface area contributed by atoms with E-state index in [0.717, 1.165) is 26.5 Å². The Labute approximate surface area is 236 Å². The molecule has 4 atom stereocenters. The minimum Gasteiger partial charge on any atom is -0.389 e. The molecule has 1 amide bonds. The summed E-state index contributed by atoms with van der Waals surface area (Å²) < 4.78 is 2.76. The molecule has 0 spiro atoms. The molecular formula is C25H24ClIN6O3S. The van der Waals surface area contributed by atoms with Crippen molar-refractivity contribution in [2.45, 2.75) is 35.8 Å². The van der Waals surface area contributed by atoms with E-state index in [1.54, 1.807) is 4.57 Å². The highest BCUT2D eigenvalue weighted by Crippen LogP contribution is 2.43. The number of fused-ring (bicyclic) bond motifs is 1. The van der Waals surface area contributed by atoms with Crippen LogP contribution in [0.5, 0.6) is 0 Å². The molecular weight excluding hydrogens is 627 g/mol. The van der Waals surface area contributed by atoms with Gasteiger partial charge in [0, 0.05) is 16.7 Å². The molecule has 1 aliphatic rings. The molecule has 12 heteroatoms. The van der Waals surface area contributed by atoms with Gasteiger partial charge in [0.1, 0.15) is 22.8 Å². The summed E-state index contributed by atoms with van der Waals surface area (Å²) in [6, 6.07) is 17.9. The lowest BCUT2D eigenvalue weighted by Gasteiger charge is -2.17. The molecule has 192 valence electrons. The Morgan fingerprint density at radius 1 is 1.08 bits per heavy atom. The number of thioether (sulfide) groups is 1. The minimum absolute atomic E-state index is 0.0210. The van der Waals surface area contributed by atoms with Gasteiger partial charge in [-0.1, -0.05) is 42.5 Å². The molecule has 0 unspecified atom stereocenters. The Balaban J connectivity index is 1.30. The SMILES string of the molecule is O=C(NCCc1ccccc1)[C@H]1S[C@@H](n2cnc3c(NCc4cccc(I)c4)nc(Cl)nc32)[C@H](O)[C@@H]1O. The summed E-state index contributed by atoms with van der Waals surface area (Å²) in [5.41, 5.74) is 3.06. The van der Waals surface area contributed by atoms with Crippen LogP contribution in [0, 0.1) is 3.57 Å². The number of hydrogen-bond acceptors (Lipinski definition) is 8. The second-order valence-corrected chi connectivity index (χ2v) is 11.5. The van der Waals surface area contributed by atoms with E-state index in [1.807, 2.05) is 48.5 Å². The maximum Gasteiger partial charge on any atom is 0.235 e. The van der Waals surface area contributed by atoms with Gasteiger partial charge in [0.25, 0.3) is 0 Å². The quantitative estimate of drug-likeness (QED) is 0.169. The monoisotopic (exact) mass is 650 g/mol. The van der Waals surface area contributed by atoms with Crippen LogP contribution in [-0.4, -0.2) is 59.6 Å². The van der Waals surface area contributed by atoms with Crippen molar-refractivity contribution in [3.63, 3.8) is 0 Å². The van der Waals surface area contributed by atoms with Gasteiger partial charge >= 0.3 is 0 Å². The van der Waals surface area contributed by atoms with E-state index in [2.05, 4.69) is 54.2 Å². The van der Waals surface area contributed by atoms with Crippen molar-refractivity contribution < 1.29 is 15.0 Å². The lowest BCUT2D eigenvalue weighted by atomic mass is 10.1. The molecule has 2 aromatic carbocycles. The molecule has 9 nitrogen and oxygen atoms in total. The third kappa shape index (κ3) is 5.85. The van der Waals surface area contributed by atoms with Crippen molar-refractivity contribution in [3.05, 3.63) is 80.9 Å². The van der Waals surface area contributed by atoms with E-state index in [9.17, 15) is 15.0 Å². The summed E-state index contributed by atoms with van der Waals surface area (Å²) in [7, 11) is 0. The molecule has 0 aliphatic carbocycles. The maximum absolute atomic E-state index is 12.8. The van der Waals surface area contributed by atoms with Crippen LogP contribution in [0.15, 0.2) is 60.9 Å². The number of carbonyl (C=O) groups is 1. The lowest BCUT2D eigenvalue weighted by Crippen LogP contribution is -2.41. The molecule has 0 radical (unpaired) electrons. The number of halogens is 2. The fourth-order valence-corrected chi connectivity index (χ4v) is 6.42. The molecule has 4 N–H and O–H groups in total. The van der Waals surface area contributed by atoms with Crippen molar-refractivity contribution in [1.29, 1.82) is 0 Å². The summed E-state index contributed by atoms with van der Waals surface area (Å²) in [5.74, 6) is 0.132. The normalized spacial score (nSPS) is 21.3. The van der Waals surface area contributed by atoms with Crippen molar-refractivity contribution in [1.82, 2.24) is 24.8 Å². The number of anilines is 1. The average molecular weight is 651 g/mol. The Kier molecular flexibility index (Phi) is 8.15. The molecule has 4 aromatic rings. The first-order chi connectivity index (χ1) is 17.9. The van der Waals surface area contributed by atoms with Gasteiger partial charge in [-0.15, -0.1) is 11.8 Å². The molecule has 3 heterocycles. The first-order valence-electron chi connectivity index (χ1n) is 11.6. The van der Waals surface area contributed by atoms with Gasteiger partial charge in [-0.25, -0.2) is 4.98 Å². The Hall–Kier alpha value is -2.45. The van der Waals surface area contributed by atoms with Gasteiger partial charge in [0.05, 0.1) is 6.33 Å². The van der Waals surface area contributed by atoms with Gasteiger partial charge in [0.2, 0.25) is 11.2 Å². The smallest absolute Gasteiger partial charge is 0.235 e. The zero-order chi connectivity index (χ0) is 25.9. The van der Waals surface area contributed by atoms with Gasteiger partial charge in [-0.05, 0) is 63.9 Å². The number of amides is 1. The number of benzene rings is 2. The highest BCUT2D eigenvalue weighted by Gasteiger charge is 2.47.